The number of benzene rings is 3. The topological polar surface area (TPSA) is 86.8 Å². The first-order valence-electron chi connectivity index (χ1n) is 12.7. The smallest absolute Gasteiger partial charge is 0.264 e. The molecule has 0 saturated heterocycles. The van der Waals surface area contributed by atoms with Crippen molar-refractivity contribution < 1.29 is 18.0 Å². The van der Waals surface area contributed by atoms with Gasteiger partial charge in [0.25, 0.3) is 10.0 Å². The lowest BCUT2D eigenvalue weighted by molar-refractivity contribution is -0.139. The fourth-order valence-corrected chi connectivity index (χ4v) is 5.97. The van der Waals surface area contributed by atoms with Gasteiger partial charge in [-0.05, 0) is 74.7 Å². The van der Waals surface area contributed by atoms with E-state index in [9.17, 15) is 18.0 Å². The van der Waals surface area contributed by atoms with Crippen LogP contribution in [-0.4, -0.2) is 44.3 Å². The van der Waals surface area contributed by atoms with E-state index in [4.69, 9.17) is 34.8 Å². The van der Waals surface area contributed by atoms with Gasteiger partial charge in [-0.3, -0.25) is 13.9 Å². The highest BCUT2D eigenvalue weighted by Crippen LogP contribution is 2.30. The number of amides is 2. The Morgan fingerprint density at radius 1 is 0.925 bits per heavy atom. The molecule has 0 fully saturated rings. The van der Waals surface area contributed by atoms with Gasteiger partial charge < -0.3 is 10.2 Å². The van der Waals surface area contributed by atoms with E-state index in [1.807, 2.05) is 13.8 Å². The molecule has 0 unspecified atom stereocenters. The minimum atomic E-state index is -4.20. The molecule has 0 heterocycles. The minimum Gasteiger partial charge on any atom is -0.354 e. The monoisotopic (exact) mass is 623 g/mol. The van der Waals surface area contributed by atoms with Crippen molar-refractivity contribution in [3.8, 4) is 0 Å². The highest BCUT2D eigenvalue weighted by atomic mass is 35.5. The van der Waals surface area contributed by atoms with Gasteiger partial charge in [-0.25, -0.2) is 8.42 Å². The highest BCUT2D eigenvalue weighted by molar-refractivity contribution is 7.92. The molecule has 0 aliphatic rings. The third-order valence-corrected chi connectivity index (χ3v) is 9.13. The molecule has 0 aliphatic heterocycles. The number of halogens is 3. The molecule has 0 aromatic heterocycles. The van der Waals surface area contributed by atoms with E-state index >= 15 is 0 Å². The number of hydrogen-bond donors (Lipinski definition) is 1. The summed E-state index contributed by atoms with van der Waals surface area (Å²) in [6.45, 7) is 6.99. The quantitative estimate of drug-likeness (QED) is 0.267. The number of hydrogen-bond acceptors (Lipinski definition) is 4. The third kappa shape index (κ3) is 7.69. The van der Waals surface area contributed by atoms with Crippen LogP contribution in [0.15, 0.2) is 65.6 Å². The SMILES string of the molecule is CCCNC(=O)[C@H](C)N(Cc1ccc(Cl)c(Cl)c1)C(=O)CN(c1cc(Cl)ccc1C)S(=O)(=O)c1ccc(C)cc1. The summed E-state index contributed by atoms with van der Waals surface area (Å²) in [7, 11) is -4.20. The average Bonchev–Trinajstić information content (AvgIpc) is 2.92. The second-order valence-electron chi connectivity index (χ2n) is 9.49. The van der Waals surface area contributed by atoms with E-state index in [1.165, 1.54) is 23.1 Å². The molecule has 1 atom stereocenters. The summed E-state index contributed by atoms with van der Waals surface area (Å²) in [5, 5.41) is 3.77. The number of carbonyl (C=O) groups is 2. The summed E-state index contributed by atoms with van der Waals surface area (Å²) in [5.74, 6) is -0.942. The van der Waals surface area contributed by atoms with Crippen LogP contribution in [0.4, 0.5) is 5.69 Å². The van der Waals surface area contributed by atoms with Crippen LogP contribution in [0, 0.1) is 13.8 Å². The van der Waals surface area contributed by atoms with Gasteiger partial charge in [-0.1, -0.05) is 71.6 Å². The van der Waals surface area contributed by atoms with Gasteiger partial charge in [0.1, 0.15) is 12.6 Å². The average molecular weight is 625 g/mol. The van der Waals surface area contributed by atoms with E-state index in [0.29, 0.717) is 32.7 Å². The summed E-state index contributed by atoms with van der Waals surface area (Å²) >= 11 is 18.5. The van der Waals surface area contributed by atoms with Crippen molar-refractivity contribution in [2.24, 2.45) is 0 Å². The first kappa shape index (κ1) is 31.7. The van der Waals surface area contributed by atoms with Crippen LogP contribution in [0.2, 0.25) is 15.1 Å². The number of rotatable bonds is 11. The summed E-state index contributed by atoms with van der Waals surface area (Å²) in [6.07, 6.45) is 0.718. The zero-order chi connectivity index (χ0) is 29.6. The molecular formula is C29H32Cl3N3O4S. The van der Waals surface area contributed by atoms with Gasteiger partial charge in [0.2, 0.25) is 11.8 Å². The maximum Gasteiger partial charge on any atom is 0.264 e. The molecule has 0 bridgehead atoms. The second-order valence-corrected chi connectivity index (χ2v) is 12.6. The molecule has 11 heteroatoms. The molecule has 1 N–H and O–H groups in total. The Kier molecular flexibility index (Phi) is 10.9. The van der Waals surface area contributed by atoms with Crippen LogP contribution < -0.4 is 9.62 Å². The standard InChI is InChI=1S/C29H32Cl3N3O4S/c1-5-14-33-29(37)21(4)34(17-22-9-13-25(31)26(32)15-22)28(36)18-35(27-16-23(30)10-8-20(27)3)40(38,39)24-11-6-19(2)7-12-24/h6-13,15-16,21H,5,14,17-18H2,1-4H3,(H,33,37)/t21-/m0/s1. The Labute approximate surface area is 251 Å². The fourth-order valence-electron chi connectivity index (χ4n) is 4.02. The number of aryl methyl sites for hydroxylation is 2. The maximum absolute atomic E-state index is 14.0. The molecular weight excluding hydrogens is 593 g/mol. The van der Waals surface area contributed by atoms with Gasteiger partial charge in [-0.2, -0.15) is 0 Å². The Balaban J connectivity index is 2.07. The van der Waals surface area contributed by atoms with E-state index in [-0.39, 0.29) is 23.0 Å². The summed E-state index contributed by atoms with van der Waals surface area (Å²) < 4.78 is 28.9. The summed E-state index contributed by atoms with van der Waals surface area (Å²) in [4.78, 5) is 28.3. The maximum atomic E-state index is 14.0. The molecule has 0 saturated carbocycles. The van der Waals surface area contributed by atoms with Crippen LogP contribution in [0.25, 0.3) is 0 Å². The second kappa shape index (κ2) is 13.7. The highest BCUT2D eigenvalue weighted by Gasteiger charge is 2.33. The Bertz CT molecular complexity index is 1480. The van der Waals surface area contributed by atoms with Crippen molar-refractivity contribution in [3.05, 3.63) is 92.4 Å². The van der Waals surface area contributed by atoms with Crippen LogP contribution in [-0.2, 0) is 26.2 Å². The van der Waals surface area contributed by atoms with Crippen molar-refractivity contribution in [2.75, 3.05) is 17.4 Å². The van der Waals surface area contributed by atoms with Crippen molar-refractivity contribution in [1.82, 2.24) is 10.2 Å². The zero-order valence-electron chi connectivity index (χ0n) is 22.7. The summed E-state index contributed by atoms with van der Waals surface area (Å²) in [5.41, 5.74) is 2.39. The normalized spacial score (nSPS) is 12.1. The molecule has 3 rings (SSSR count). The van der Waals surface area contributed by atoms with Crippen molar-refractivity contribution in [1.29, 1.82) is 0 Å². The molecule has 0 radical (unpaired) electrons. The first-order valence-corrected chi connectivity index (χ1v) is 15.3. The molecule has 0 aliphatic carbocycles. The number of nitrogens with zero attached hydrogens (tertiary/aromatic N) is 2. The lowest BCUT2D eigenvalue weighted by Crippen LogP contribution is -2.51. The molecule has 3 aromatic rings. The Morgan fingerprint density at radius 2 is 1.60 bits per heavy atom. The lowest BCUT2D eigenvalue weighted by Gasteiger charge is -2.32. The zero-order valence-corrected chi connectivity index (χ0v) is 25.8. The number of carbonyl (C=O) groups excluding carboxylic acids is 2. The molecule has 7 nitrogen and oxygen atoms in total. The van der Waals surface area contributed by atoms with E-state index in [0.717, 1.165) is 16.3 Å². The molecule has 0 spiro atoms. The van der Waals surface area contributed by atoms with Gasteiger partial charge >= 0.3 is 0 Å². The number of anilines is 1. The fraction of sp³-hybridized carbons (Fsp3) is 0.310. The number of nitrogens with one attached hydrogen (secondary N) is 1. The third-order valence-electron chi connectivity index (χ3n) is 6.38. The van der Waals surface area contributed by atoms with Gasteiger partial charge in [0.15, 0.2) is 0 Å². The van der Waals surface area contributed by atoms with Gasteiger partial charge in [0.05, 0.1) is 20.6 Å². The number of sulfonamides is 1. The Morgan fingerprint density at radius 3 is 2.23 bits per heavy atom. The van der Waals surface area contributed by atoms with Gasteiger partial charge in [0, 0.05) is 18.1 Å². The van der Waals surface area contributed by atoms with Crippen LogP contribution in [0.1, 0.15) is 37.0 Å². The van der Waals surface area contributed by atoms with E-state index < -0.39 is 28.5 Å². The largest absolute Gasteiger partial charge is 0.354 e. The molecule has 40 heavy (non-hydrogen) atoms. The van der Waals surface area contributed by atoms with E-state index in [2.05, 4.69) is 5.32 Å². The molecule has 3 aromatic carbocycles. The predicted octanol–water partition coefficient (Wildman–Crippen LogP) is 6.40. The predicted molar refractivity (Wildman–Crippen MR) is 162 cm³/mol. The van der Waals surface area contributed by atoms with Crippen LogP contribution >= 0.6 is 34.8 Å². The first-order chi connectivity index (χ1) is 18.8. The van der Waals surface area contributed by atoms with Crippen LogP contribution in [0.3, 0.4) is 0 Å². The molecule has 2 amide bonds. The van der Waals surface area contributed by atoms with Crippen molar-refractivity contribution in [2.45, 2.75) is 51.6 Å². The van der Waals surface area contributed by atoms with Crippen LogP contribution in [0.5, 0.6) is 0 Å². The minimum absolute atomic E-state index is 0.00335. The van der Waals surface area contributed by atoms with Gasteiger partial charge in [-0.15, -0.1) is 0 Å². The van der Waals surface area contributed by atoms with Crippen molar-refractivity contribution >= 4 is 62.3 Å². The summed E-state index contributed by atoms with van der Waals surface area (Å²) in [6, 6.07) is 15.2. The van der Waals surface area contributed by atoms with E-state index in [1.54, 1.807) is 56.3 Å². The lowest BCUT2D eigenvalue weighted by atomic mass is 10.1. The Hall–Kier alpha value is -2.78. The van der Waals surface area contributed by atoms with Crippen molar-refractivity contribution in [3.63, 3.8) is 0 Å². The molecule has 214 valence electrons.